The maximum atomic E-state index is 17.4. The Morgan fingerprint density at radius 2 is 1.89 bits per heavy atom. The van der Waals surface area contributed by atoms with Crippen LogP contribution in [0.25, 0.3) is 0 Å². The van der Waals surface area contributed by atoms with Gasteiger partial charge in [0.05, 0.1) is 6.10 Å². The highest BCUT2D eigenvalue weighted by molar-refractivity contribution is 6.01. The van der Waals surface area contributed by atoms with Crippen LogP contribution in [0.15, 0.2) is 48.1 Å². The fraction of sp³-hybridized carbons (Fsp3) is 0.586. The molecule has 3 fully saturated rings. The highest BCUT2D eigenvalue weighted by Gasteiger charge is 2.76. The number of carbonyl (C=O) groups excluding carboxylic acids is 2. The quantitative estimate of drug-likeness (QED) is 0.676. The molecule has 8 unspecified atom stereocenters. The smallest absolute Gasteiger partial charge is 0.178 e. The van der Waals surface area contributed by atoms with Crippen LogP contribution >= 0.6 is 0 Å². The van der Waals surface area contributed by atoms with Crippen LogP contribution < -0.4 is 0 Å². The van der Waals surface area contributed by atoms with Gasteiger partial charge in [0.15, 0.2) is 17.2 Å². The molecule has 0 spiro atoms. The van der Waals surface area contributed by atoms with E-state index in [2.05, 4.69) is 19.1 Å². The molecule has 5 aliphatic carbocycles. The van der Waals surface area contributed by atoms with Crippen molar-refractivity contribution in [3.63, 3.8) is 0 Å². The summed E-state index contributed by atoms with van der Waals surface area (Å²) in [5.74, 6) is -0.776. The molecule has 0 aromatic heterocycles. The Bertz CT molecular complexity index is 1160. The number of aliphatic hydroxyl groups excluding tert-OH is 2. The van der Waals surface area contributed by atoms with Gasteiger partial charge in [-0.3, -0.25) is 9.59 Å². The number of benzene rings is 1. The van der Waals surface area contributed by atoms with E-state index in [-0.39, 0.29) is 35.3 Å². The lowest BCUT2D eigenvalue weighted by atomic mass is 9.42. The molecule has 0 radical (unpaired) electrons. The van der Waals surface area contributed by atoms with Gasteiger partial charge in [-0.25, -0.2) is 4.39 Å². The molecule has 5 nitrogen and oxygen atoms in total. The number of carbonyl (C=O) groups is 2. The van der Waals surface area contributed by atoms with Crippen LogP contribution in [0.1, 0.15) is 50.7 Å². The molecule has 1 aromatic carbocycles. The van der Waals surface area contributed by atoms with Crippen molar-refractivity contribution in [1.82, 2.24) is 0 Å². The molecule has 0 saturated heterocycles. The van der Waals surface area contributed by atoms with Gasteiger partial charge < -0.3 is 15.7 Å². The minimum Gasteiger partial charge on any atom is -0.412 e. The van der Waals surface area contributed by atoms with Crippen LogP contribution in [0.2, 0.25) is 0 Å². The lowest BCUT2D eigenvalue weighted by Crippen LogP contribution is -2.68. The monoisotopic (exact) mass is 482 g/mol. The van der Waals surface area contributed by atoms with E-state index in [1.54, 1.807) is 12.2 Å². The Kier molecular flexibility index (Phi) is 5.38. The van der Waals surface area contributed by atoms with Gasteiger partial charge in [0.2, 0.25) is 0 Å². The fourth-order valence-electron chi connectivity index (χ4n) is 9.37. The maximum Gasteiger partial charge on any atom is 0.178 e. The number of hydrogen-bond acceptors (Lipinski definition) is 4. The third kappa shape index (κ3) is 2.74. The van der Waals surface area contributed by atoms with Crippen LogP contribution in [0.3, 0.4) is 0 Å². The molecule has 0 aliphatic heterocycles. The molecule has 0 heterocycles. The standard InChI is InChI=1S/C29H33FO4.H2O/c1-26-10-9-21(32)12-19(26)7-8-22-23-13-20-11-17-5-3-4-6-18(17)14-28(20,25(34)16-31)27(23,2)15-24(33)29(22,26)30;/h3-6,9-10,12,20,22-24,31,33H,7-8,11,13-16H2,1-2H3;1H2. The number of rotatable bonds is 2. The molecule has 5 aliphatic rings. The van der Waals surface area contributed by atoms with Gasteiger partial charge in [-0.05, 0) is 86.0 Å². The van der Waals surface area contributed by atoms with Gasteiger partial charge in [0.25, 0.3) is 0 Å². The summed E-state index contributed by atoms with van der Waals surface area (Å²) in [6, 6.07) is 8.19. The highest BCUT2D eigenvalue weighted by Crippen LogP contribution is 2.74. The molecule has 1 aromatic rings. The maximum absolute atomic E-state index is 17.4. The lowest BCUT2D eigenvalue weighted by molar-refractivity contribution is -0.207. The van der Waals surface area contributed by atoms with Crippen molar-refractivity contribution in [3.05, 3.63) is 59.2 Å². The van der Waals surface area contributed by atoms with Gasteiger partial charge in [-0.2, -0.15) is 0 Å². The third-order valence-corrected chi connectivity index (χ3v) is 11.0. The number of hydrogen-bond donors (Lipinski definition) is 2. The van der Waals surface area contributed by atoms with Gasteiger partial charge in [0, 0.05) is 16.7 Å². The van der Waals surface area contributed by atoms with E-state index in [1.165, 1.54) is 11.6 Å². The first-order valence-corrected chi connectivity index (χ1v) is 12.6. The Labute approximate surface area is 205 Å². The zero-order valence-corrected chi connectivity index (χ0v) is 20.4. The molecule has 0 amide bonds. The molecule has 3 saturated carbocycles. The van der Waals surface area contributed by atoms with Gasteiger partial charge in [0.1, 0.15) is 6.61 Å². The number of fused-ring (bicyclic) bond motifs is 8. The normalized spacial score (nSPS) is 45.2. The van der Waals surface area contributed by atoms with Crippen LogP contribution in [0.5, 0.6) is 0 Å². The van der Waals surface area contributed by atoms with E-state index >= 15 is 4.39 Å². The van der Waals surface area contributed by atoms with Crippen molar-refractivity contribution in [2.75, 3.05) is 6.61 Å². The summed E-state index contributed by atoms with van der Waals surface area (Å²) in [6.07, 6.45) is 6.77. The summed E-state index contributed by atoms with van der Waals surface area (Å²) in [5.41, 5.74) is -1.22. The van der Waals surface area contributed by atoms with Crippen LogP contribution in [0, 0.1) is 34.0 Å². The second kappa shape index (κ2) is 7.67. The zero-order chi connectivity index (χ0) is 24.1. The second-order valence-corrected chi connectivity index (χ2v) is 11.9. The summed E-state index contributed by atoms with van der Waals surface area (Å²) >= 11 is 0. The number of Topliss-reactive ketones (excluding diaryl/α,β-unsaturated/α-hetero) is 1. The van der Waals surface area contributed by atoms with Crippen LogP contribution in [-0.4, -0.2) is 45.6 Å². The number of ketones is 2. The Morgan fingerprint density at radius 3 is 2.60 bits per heavy atom. The molecule has 0 bridgehead atoms. The molecule has 6 heteroatoms. The molecule has 4 N–H and O–H groups in total. The van der Waals surface area contributed by atoms with Crippen LogP contribution in [0.4, 0.5) is 4.39 Å². The molecule has 35 heavy (non-hydrogen) atoms. The summed E-state index contributed by atoms with van der Waals surface area (Å²) < 4.78 is 17.4. The largest absolute Gasteiger partial charge is 0.412 e. The number of aliphatic hydroxyl groups is 2. The SMILES string of the molecule is CC12C=CC(=O)C=C1CCC1C3CC4Cc5ccccc5CC4(C(=O)CO)C3(C)CC(O)C12F.O. The minimum absolute atomic E-state index is 0. The number of allylic oxidation sites excluding steroid dienone is 4. The average molecular weight is 483 g/mol. The van der Waals surface area contributed by atoms with Gasteiger partial charge >= 0.3 is 0 Å². The second-order valence-electron chi connectivity index (χ2n) is 11.9. The Morgan fingerprint density at radius 1 is 1.17 bits per heavy atom. The van der Waals surface area contributed by atoms with E-state index in [9.17, 15) is 19.8 Å². The highest BCUT2D eigenvalue weighted by atomic mass is 19.1. The molecule has 6 rings (SSSR count). The van der Waals surface area contributed by atoms with E-state index in [4.69, 9.17) is 0 Å². The summed E-state index contributed by atoms with van der Waals surface area (Å²) in [5, 5.41) is 21.7. The molecular weight excluding hydrogens is 447 g/mol. The lowest BCUT2D eigenvalue weighted by Gasteiger charge is -2.63. The first-order valence-electron chi connectivity index (χ1n) is 12.6. The number of halogens is 1. The summed E-state index contributed by atoms with van der Waals surface area (Å²) in [6.45, 7) is 3.38. The van der Waals surface area contributed by atoms with Crippen molar-refractivity contribution in [1.29, 1.82) is 0 Å². The topological polar surface area (TPSA) is 106 Å². The molecule has 188 valence electrons. The van der Waals surface area contributed by atoms with Crippen molar-refractivity contribution in [2.24, 2.45) is 34.0 Å². The van der Waals surface area contributed by atoms with Gasteiger partial charge in [-0.1, -0.05) is 42.8 Å². The first kappa shape index (κ1) is 24.5. The van der Waals surface area contributed by atoms with E-state index in [0.29, 0.717) is 19.3 Å². The predicted molar refractivity (Wildman–Crippen MR) is 129 cm³/mol. The summed E-state index contributed by atoms with van der Waals surface area (Å²) in [7, 11) is 0. The average Bonchev–Trinajstić information content (AvgIpc) is 3.07. The Balaban J connectivity index is 0.00000253. The third-order valence-electron chi connectivity index (χ3n) is 11.0. The minimum atomic E-state index is -1.90. The zero-order valence-electron chi connectivity index (χ0n) is 20.4. The van der Waals surface area contributed by atoms with Crippen molar-refractivity contribution < 1.29 is 29.7 Å². The van der Waals surface area contributed by atoms with Crippen molar-refractivity contribution >= 4 is 11.6 Å². The van der Waals surface area contributed by atoms with Gasteiger partial charge in [-0.15, -0.1) is 0 Å². The van der Waals surface area contributed by atoms with E-state index in [0.717, 1.165) is 24.0 Å². The van der Waals surface area contributed by atoms with E-state index in [1.807, 2.05) is 19.1 Å². The fourth-order valence-corrected chi connectivity index (χ4v) is 9.37. The summed E-state index contributed by atoms with van der Waals surface area (Å²) in [4.78, 5) is 25.7. The van der Waals surface area contributed by atoms with Crippen LogP contribution in [-0.2, 0) is 22.4 Å². The van der Waals surface area contributed by atoms with E-state index < -0.39 is 40.5 Å². The molecular formula is C29H35FO5. The molecule has 8 atom stereocenters. The number of alkyl halides is 1. The predicted octanol–water partition coefficient (Wildman–Crippen LogP) is 3.11. The van der Waals surface area contributed by atoms with Crippen molar-refractivity contribution in [3.8, 4) is 0 Å². The van der Waals surface area contributed by atoms with Crippen molar-refractivity contribution in [2.45, 2.75) is 64.1 Å². The first-order chi connectivity index (χ1) is 16.1. The Hall–Kier alpha value is -2.15.